The SMILES string of the molecule is CCCCOc1ccc(C(=O)O[C@]2(C(=O)CSc3nc4ccccc4s3)CCC3C4CCC5=CC(=O)CCC5(C)C4C(O)CC32C)cc1. The van der Waals surface area contributed by atoms with E-state index in [1.54, 1.807) is 35.6 Å². The fourth-order valence-electron chi connectivity index (χ4n) is 9.75. The topological polar surface area (TPSA) is 103 Å². The number of nitrogens with zero attached hydrogens (tertiary/aromatic N) is 1. The molecule has 254 valence electrons. The van der Waals surface area contributed by atoms with Crippen molar-refractivity contribution in [3.05, 3.63) is 65.7 Å². The minimum Gasteiger partial charge on any atom is -0.494 e. The number of esters is 1. The standard InChI is InChI=1S/C39H45NO6S2/c1-4-5-20-45-27-13-10-24(11-14-27)35(44)46-39(33(43)23-47-36-40-30-8-6-7-9-32(30)48-36)19-17-29-28-15-12-25-21-26(41)16-18-37(25,2)34(28)31(42)22-38(29,39)3/h6-11,13-14,21,28-29,31,34,42H,4-5,12,15-20,22-23H2,1-3H3/t28?,29?,31?,34?,37?,38?,39-/m0/s1. The van der Waals surface area contributed by atoms with E-state index >= 15 is 0 Å². The van der Waals surface area contributed by atoms with E-state index in [2.05, 4.69) is 20.8 Å². The molecule has 0 radical (unpaired) electrons. The van der Waals surface area contributed by atoms with Crippen molar-refractivity contribution in [1.82, 2.24) is 4.98 Å². The van der Waals surface area contributed by atoms with Gasteiger partial charge in [-0.25, -0.2) is 9.78 Å². The predicted molar refractivity (Wildman–Crippen MR) is 188 cm³/mol. The van der Waals surface area contributed by atoms with E-state index in [0.717, 1.165) is 53.1 Å². The number of aliphatic hydroxyl groups is 1. The molecule has 0 amide bonds. The van der Waals surface area contributed by atoms with Gasteiger partial charge in [0.15, 0.2) is 21.5 Å². The molecule has 7 nitrogen and oxygen atoms in total. The summed E-state index contributed by atoms with van der Waals surface area (Å²) in [6.07, 6.45) is 7.60. The van der Waals surface area contributed by atoms with Gasteiger partial charge in [-0.15, -0.1) is 11.3 Å². The third-order valence-electron chi connectivity index (χ3n) is 12.2. The van der Waals surface area contributed by atoms with Crippen LogP contribution in [0.2, 0.25) is 0 Å². The zero-order valence-electron chi connectivity index (χ0n) is 28.0. The van der Waals surface area contributed by atoms with Gasteiger partial charge < -0.3 is 14.6 Å². The van der Waals surface area contributed by atoms with Gasteiger partial charge in [0, 0.05) is 11.8 Å². The Kier molecular flexibility index (Phi) is 9.09. The molecule has 1 heterocycles. The van der Waals surface area contributed by atoms with Gasteiger partial charge in [-0.3, -0.25) is 9.59 Å². The Labute approximate surface area is 290 Å². The number of fused-ring (bicyclic) bond motifs is 6. The Hall–Kier alpha value is -3.01. The number of ketones is 2. The van der Waals surface area contributed by atoms with Crippen LogP contribution in [0.1, 0.15) is 88.9 Å². The van der Waals surface area contributed by atoms with Crippen LogP contribution in [0.5, 0.6) is 5.75 Å². The van der Waals surface area contributed by atoms with Crippen LogP contribution in [-0.2, 0) is 14.3 Å². The van der Waals surface area contributed by atoms with Crippen LogP contribution in [0, 0.1) is 28.6 Å². The summed E-state index contributed by atoms with van der Waals surface area (Å²) >= 11 is 2.96. The van der Waals surface area contributed by atoms with Crippen LogP contribution in [0.4, 0.5) is 0 Å². The Morgan fingerprint density at radius 1 is 1.06 bits per heavy atom. The number of hydrogen-bond donors (Lipinski definition) is 1. The number of carbonyl (C=O) groups is 3. The van der Waals surface area contributed by atoms with Gasteiger partial charge in [0.2, 0.25) is 0 Å². The first-order valence-electron chi connectivity index (χ1n) is 17.5. The molecule has 2 aromatic carbocycles. The third kappa shape index (κ3) is 5.63. The molecular weight excluding hydrogens is 643 g/mol. The lowest BCUT2D eigenvalue weighted by Crippen LogP contribution is -2.63. The zero-order chi connectivity index (χ0) is 33.7. The summed E-state index contributed by atoms with van der Waals surface area (Å²) in [6.45, 7) is 7.03. The van der Waals surface area contributed by atoms with Crippen molar-refractivity contribution in [3.8, 4) is 5.75 Å². The highest BCUT2D eigenvalue weighted by Gasteiger charge is 2.70. The summed E-state index contributed by atoms with van der Waals surface area (Å²) in [5.41, 5.74) is 0.0621. The maximum absolute atomic E-state index is 14.7. The van der Waals surface area contributed by atoms with E-state index in [9.17, 15) is 19.5 Å². The van der Waals surface area contributed by atoms with Crippen molar-refractivity contribution in [3.63, 3.8) is 0 Å². The van der Waals surface area contributed by atoms with Gasteiger partial charge in [-0.2, -0.15) is 0 Å². The summed E-state index contributed by atoms with van der Waals surface area (Å²) in [7, 11) is 0. The number of para-hydroxylation sites is 1. The summed E-state index contributed by atoms with van der Waals surface area (Å²) in [5.74, 6) is 0.605. The van der Waals surface area contributed by atoms with Gasteiger partial charge >= 0.3 is 5.97 Å². The third-order valence-corrected chi connectivity index (χ3v) is 14.4. The molecule has 6 unspecified atom stereocenters. The molecule has 4 aliphatic carbocycles. The number of unbranched alkanes of at least 4 members (excludes halogenated alkanes) is 1. The number of thioether (sulfide) groups is 1. The van der Waals surface area contributed by atoms with Crippen LogP contribution < -0.4 is 4.74 Å². The highest BCUT2D eigenvalue weighted by molar-refractivity contribution is 8.01. The van der Waals surface area contributed by atoms with Crippen molar-refractivity contribution in [2.75, 3.05) is 12.4 Å². The van der Waals surface area contributed by atoms with Gasteiger partial charge in [0.05, 0.1) is 34.2 Å². The molecule has 3 aromatic rings. The van der Waals surface area contributed by atoms with E-state index < -0.39 is 23.1 Å². The van der Waals surface area contributed by atoms with Crippen molar-refractivity contribution in [2.45, 2.75) is 94.6 Å². The average Bonchev–Trinajstić information content (AvgIpc) is 3.62. The fourth-order valence-corrected chi connectivity index (χ4v) is 11.8. The monoisotopic (exact) mass is 687 g/mol. The van der Waals surface area contributed by atoms with E-state index in [1.807, 2.05) is 30.3 Å². The lowest BCUT2D eigenvalue weighted by atomic mass is 9.45. The first kappa shape index (κ1) is 33.5. The molecule has 3 saturated carbocycles. The van der Waals surface area contributed by atoms with Crippen LogP contribution in [0.15, 0.2) is 64.5 Å². The van der Waals surface area contributed by atoms with E-state index in [4.69, 9.17) is 14.5 Å². The summed E-state index contributed by atoms with van der Waals surface area (Å²) in [4.78, 5) is 45.8. The molecule has 0 aliphatic heterocycles. The van der Waals surface area contributed by atoms with Crippen LogP contribution in [0.3, 0.4) is 0 Å². The highest BCUT2D eigenvalue weighted by atomic mass is 32.2. The maximum Gasteiger partial charge on any atom is 0.339 e. The first-order valence-corrected chi connectivity index (χ1v) is 19.3. The number of aromatic nitrogens is 1. The van der Waals surface area contributed by atoms with Gasteiger partial charge in [-0.05, 0) is 111 Å². The number of allylic oxidation sites excluding steroid dienone is 1. The molecule has 0 bridgehead atoms. The minimum atomic E-state index is -1.39. The highest BCUT2D eigenvalue weighted by Crippen LogP contribution is 2.68. The Bertz CT molecular complexity index is 1720. The molecule has 0 spiro atoms. The molecule has 9 heteroatoms. The summed E-state index contributed by atoms with van der Waals surface area (Å²) in [5, 5.41) is 12.1. The van der Waals surface area contributed by atoms with E-state index in [-0.39, 0.29) is 40.5 Å². The zero-order valence-corrected chi connectivity index (χ0v) is 29.7. The quantitative estimate of drug-likeness (QED) is 0.129. The number of hydrogen-bond acceptors (Lipinski definition) is 9. The Morgan fingerprint density at radius 2 is 1.85 bits per heavy atom. The van der Waals surface area contributed by atoms with Gasteiger partial charge in [-0.1, -0.05) is 56.7 Å². The maximum atomic E-state index is 14.7. The Balaban J connectivity index is 1.19. The molecule has 7 rings (SSSR count). The van der Waals surface area contributed by atoms with Gasteiger partial charge in [0.25, 0.3) is 0 Å². The second-order valence-corrected chi connectivity index (χ2v) is 17.0. The predicted octanol–water partition coefficient (Wildman–Crippen LogP) is 8.23. The van der Waals surface area contributed by atoms with Crippen LogP contribution in [-0.4, -0.2) is 51.7 Å². The number of ether oxygens (including phenoxy) is 2. The lowest BCUT2D eigenvalue weighted by molar-refractivity contribution is -0.180. The van der Waals surface area contributed by atoms with Crippen molar-refractivity contribution in [1.29, 1.82) is 0 Å². The van der Waals surface area contributed by atoms with E-state index in [0.29, 0.717) is 37.2 Å². The fraction of sp³-hybridized carbons (Fsp3) is 0.538. The molecule has 0 saturated heterocycles. The van der Waals surface area contributed by atoms with Crippen molar-refractivity contribution >= 4 is 50.9 Å². The number of Topliss-reactive ketones (excluding diaryl/α,β-unsaturated/α-hetero) is 1. The number of benzene rings is 2. The molecule has 7 atom stereocenters. The molecular formula is C39H45NO6S2. The Morgan fingerprint density at radius 3 is 2.62 bits per heavy atom. The summed E-state index contributed by atoms with van der Waals surface area (Å²) in [6, 6.07) is 14.9. The van der Waals surface area contributed by atoms with Crippen molar-refractivity contribution < 1.29 is 29.0 Å². The molecule has 48 heavy (non-hydrogen) atoms. The number of aliphatic hydroxyl groups excluding tert-OH is 1. The second kappa shape index (κ2) is 13.0. The molecule has 1 aromatic heterocycles. The number of thiazole rings is 1. The second-order valence-electron chi connectivity index (χ2n) is 14.7. The van der Waals surface area contributed by atoms with Crippen molar-refractivity contribution in [2.24, 2.45) is 28.6 Å². The average molecular weight is 688 g/mol. The smallest absolute Gasteiger partial charge is 0.339 e. The molecule has 4 aliphatic rings. The summed E-state index contributed by atoms with van der Waals surface area (Å²) < 4.78 is 14.2. The largest absolute Gasteiger partial charge is 0.494 e. The van der Waals surface area contributed by atoms with Crippen LogP contribution >= 0.6 is 23.1 Å². The minimum absolute atomic E-state index is 0.00246. The van der Waals surface area contributed by atoms with Gasteiger partial charge in [0.1, 0.15) is 5.75 Å². The number of rotatable bonds is 10. The normalized spacial score (nSPS) is 32.6. The van der Waals surface area contributed by atoms with E-state index in [1.165, 1.54) is 17.3 Å². The molecule has 3 fully saturated rings. The first-order chi connectivity index (χ1) is 23.1. The lowest BCUT2D eigenvalue weighted by Gasteiger charge is -2.60. The van der Waals surface area contributed by atoms with Crippen LogP contribution in [0.25, 0.3) is 10.2 Å². The molecule has 1 N–H and O–H groups in total. The number of carbonyl (C=O) groups excluding carboxylic acids is 3.